The maximum Gasteiger partial charge on any atom is 0.463 e. The predicted octanol–water partition coefficient (Wildman–Crippen LogP) is 4.09. The van der Waals surface area contributed by atoms with E-state index in [0.717, 1.165) is 0 Å². The third kappa shape index (κ3) is 3.67. The number of hydrogen-bond donors (Lipinski definition) is 1. The Morgan fingerprint density at radius 2 is 1.17 bits per heavy atom. The number of rotatable bonds is 4. The van der Waals surface area contributed by atoms with Crippen LogP contribution in [-0.4, -0.2) is 18.0 Å². The molecule has 0 aliphatic rings. The van der Waals surface area contributed by atoms with Gasteiger partial charge in [-0.15, -0.1) is 0 Å². The van der Waals surface area contributed by atoms with Crippen molar-refractivity contribution < 1.29 is 26.7 Å². The number of alkyl halides is 5. The second-order valence-electron chi connectivity index (χ2n) is 4.80. The van der Waals surface area contributed by atoms with E-state index in [4.69, 9.17) is 0 Å². The SMILES string of the molecule is O=C(NC(c1ccccc1)c1ccccc1)C(F)(F)C(F)(F)F. The van der Waals surface area contributed by atoms with Crippen molar-refractivity contribution in [2.45, 2.75) is 18.1 Å². The van der Waals surface area contributed by atoms with Gasteiger partial charge in [-0.3, -0.25) is 4.79 Å². The summed E-state index contributed by atoms with van der Waals surface area (Å²) in [6.45, 7) is 0. The summed E-state index contributed by atoms with van der Waals surface area (Å²) < 4.78 is 63.3. The Labute approximate surface area is 128 Å². The Bertz CT molecular complexity index is 616. The van der Waals surface area contributed by atoms with Crippen LogP contribution in [0.3, 0.4) is 0 Å². The molecule has 7 heteroatoms. The Kier molecular flexibility index (Phi) is 4.68. The number of carbonyl (C=O) groups is 1. The first kappa shape index (κ1) is 16.9. The van der Waals surface area contributed by atoms with Crippen molar-refractivity contribution in [2.24, 2.45) is 0 Å². The van der Waals surface area contributed by atoms with Crippen LogP contribution in [0.25, 0.3) is 0 Å². The van der Waals surface area contributed by atoms with E-state index < -0.39 is 24.0 Å². The molecule has 122 valence electrons. The highest BCUT2D eigenvalue weighted by molar-refractivity contribution is 5.85. The monoisotopic (exact) mass is 329 g/mol. The lowest BCUT2D eigenvalue weighted by Crippen LogP contribution is -2.51. The van der Waals surface area contributed by atoms with E-state index in [0.29, 0.717) is 11.1 Å². The van der Waals surface area contributed by atoms with Gasteiger partial charge >= 0.3 is 18.0 Å². The summed E-state index contributed by atoms with van der Waals surface area (Å²) in [7, 11) is 0. The minimum Gasteiger partial charge on any atom is -0.340 e. The normalized spacial score (nSPS) is 12.3. The summed E-state index contributed by atoms with van der Waals surface area (Å²) in [4.78, 5) is 11.5. The van der Waals surface area contributed by atoms with E-state index in [1.165, 1.54) is 24.3 Å². The van der Waals surface area contributed by atoms with E-state index in [-0.39, 0.29) is 0 Å². The summed E-state index contributed by atoms with van der Waals surface area (Å²) in [5.41, 5.74) is 0.787. The molecule has 2 aromatic carbocycles. The highest BCUT2D eigenvalue weighted by atomic mass is 19.4. The number of amides is 1. The first-order valence-corrected chi connectivity index (χ1v) is 6.59. The fourth-order valence-electron chi connectivity index (χ4n) is 2.00. The molecule has 0 saturated carbocycles. The van der Waals surface area contributed by atoms with Gasteiger partial charge in [0.1, 0.15) is 0 Å². The summed E-state index contributed by atoms with van der Waals surface area (Å²) in [5.74, 6) is -7.85. The lowest BCUT2D eigenvalue weighted by Gasteiger charge is -2.24. The topological polar surface area (TPSA) is 29.1 Å². The average Bonchev–Trinajstić information content (AvgIpc) is 2.53. The predicted molar refractivity (Wildman–Crippen MR) is 73.9 cm³/mol. The zero-order valence-electron chi connectivity index (χ0n) is 11.6. The van der Waals surface area contributed by atoms with Gasteiger partial charge in [0.2, 0.25) is 0 Å². The molecule has 0 heterocycles. The first-order chi connectivity index (χ1) is 10.7. The molecule has 0 unspecified atom stereocenters. The van der Waals surface area contributed by atoms with Crippen molar-refractivity contribution in [2.75, 3.05) is 0 Å². The van der Waals surface area contributed by atoms with Crippen LogP contribution in [0.1, 0.15) is 17.2 Å². The van der Waals surface area contributed by atoms with Crippen molar-refractivity contribution in [3.8, 4) is 0 Å². The molecule has 0 aliphatic heterocycles. The minimum absolute atomic E-state index is 0.394. The van der Waals surface area contributed by atoms with Crippen molar-refractivity contribution >= 4 is 5.91 Å². The van der Waals surface area contributed by atoms with Crippen molar-refractivity contribution in [3.05, 3.63) is 71.8 Å². The lowest BCUT2D eigenvalue weighted by atomic mass is 9.98. The van der Waals surface area contributed by atoms with Gasteiger partial charge in [0, 0.05) is 0 Å². The van der Waals surface area contributed by atoms with E-state index in [1.54, 1.807) is 41.7 Å². The third-order valence-corrected chi connectivity index (χ3v) is 3.18. The summed E-state index contributed by atoms with van der Waals surface area (Å²) in [5, 5.41) is 1.79. The van der Waals surface area contributed by atoms with Crippen molar-refractivity contribution in [3.63, 3.8) is 0 Å². The zero-order valence-corrected chi connectivity index (χ0v) is 11.6. The summed E-state index contributed by atoms with van der Waals surface area (Å²) in [6.07, 6.45) is -5.95. The van der Waals surface area contributed by atoms with E-state index in [2.05, 4.69) is 0 Å². The van der Waals surface area contributed by atoms with E-state index in [1.807, 2.05) is 0 Å². The quantitative estimate of drug-likeness (QED) is 0.841. The smallest absolute Gasteiger partial charge is 0.340 e. The van der Waals surface area contributed by atoms with E-state index in [9.17, 15) is 26.7 Å². The van der Waals surface area contributed by atoms with Gasteiger partial charge < -0.3 is 5.32 Å². The maximum atomic E-state index is 13.2. The fourth-order valence-corrected chi connectivity index (χ4v) is 2.00. The molecule has 0 atom stereocenters. The number of nitrogens with one attached hydrogen (secondary N) is 1. The molecular formula is C16H12F5NO. The summed E-state index contributed by atoms with van der Waals surface area (Å²) >= 11 is 0. The van der Waals surface area contributed by atoms with Crippen LogP contribution < -0.4 is 5.32 Å². The van der Waals surface area contributed by atoms with E-state index >= 15 is 0 Å². The zero-order chi connectivity index (χ0) is 17.1. The molecule has 0 radical (unpaired) electrons. The Hall–Kier alpha value is -2.44. The number of benzene rings is 2. The second-order valence-corrected chi connectivity index (χ2v) is 4.80. The maximum absolute atomic E-state index is 13.2. The van der Waals surface area contributed by atoms with Crippen LogP contribution in [0, 0.1) is 0 Å². The number of carbonyl (C=O) groups excluding carboxylic acids is 1. The van der Waals surface area contributed by atoms with Crippen LogP contribution in [0.15, 0.2) is 60.7 Å². The molecule has 0 aliphatic carbocycles. The van der Waals surface area contributed by atoms with Crippen LogP contribution in [0.5, 0.6) is 0 Å². The molecule has 1 N–H and O–H groups in total. The molecule has 0 fully saturated rings. The van der Waals surface area contributed by atoms with Crippen LogP contribution in [0.2, 0.25) is 0 Å². The highest BCUT2D eigenvalue weighted by Crippen LogP contribution is 2.36. The van der Waals surface area contributed by atoms with Crippen molar-refractivity contribution in [1.29, 1.82) is 0 Å². The standard InChI is InChI=1S/C16H12F5NO/c17-15(18,16(19,20)21)14(23)22-13(11-7-3-1-4-8-11)12-9-5-2-6-10-12/h1-10,13H,(H,22,23). The molecular weight excluding hydrogens is 317 g/mol. The third-order valence-electron chi connectivity index (χ3n) is 3.18. The van der Waals surface area contributed by atoms with Gasteiger partial charge in [0.05, 0.1) is 6.04 Å². The van der Waals surface area contributed by atoms with Crippen LogP contribution in [-0.2, 0) is 4.79 Å². The average molecular weight is 329 g/mol. The van der Waals surface area contributed by atoms with Gasteiger partial charge in [-0.2, -0.15) is 22.0 Å². The molecule has 1 amide bonds. The van der Waals surface area contributed by atoms with Gasteiger partial charge in [-0.25, -0.2) is 0 Å². The fraction of sp³-hybridized carbons (Fsp3) is 0.188. The largest absolute Gasteiger partial charge is 0.463 e. The van der Waals surface area contributed by atoms with Gasteiger partial charge in [0.15, 0.2) is 0 Å². The van der Waals surface area contributed by atoms with Gasteiger partial charge in [-0.05, 0) is 11.1 Å². The number of hydrogen-bond acceptors (Lipinski definition) is 1. The molecule has 0 saturated heterocycles. The van der Waals surface area contributed by atoms with Crippen LogP contribution >= 0.6 is 0 Å². The Balaban J connectivity index is 2.35. The Morgan fingerprint density at radius 3 is 1.52 bits per heavy atom. The highest BCUT2D eigenvalue weighted by Gasteiger charge is 2.63. The molecule has 23 heavy (non-hydrogen) atoms. The van der Waals surface area contributed by atoms with Crippen molar-refractivity contribution in [1.82, 2.24) is 5.32 Å². The minimum atomic E-state index is -5.95. The molecule has 0 aromatic heterocycles. The Morgan fingerprint density at radius 1 is 0.783 bits per heavy atom. The molecule has 2 aromatic rings. The molecule has 2 nitrogen and oxygen atoms in total. The summed E-state index contributed by atoms with van der Waals surface area (Å²) in [6, 6.07) is 14.7. The van der Waals surface area contributed by atoms with Gasteiger partial charge in [0.25, 0.3) is 0 Å². The number of halogens is 5. The van der Waals surface area contributed by atoms with Gasteiger partial charge in [-0.1, -0.05) is 60.7 Å². The first-order valence-electron chi connectivity index (χ1n) is 6.59. The van der Waals surface area contributed by atoms with Crippen LogP contribution in [0.4, 0.5) is 22.0 Å². The molecule has 0 spiro atoms. The molecule has 2 rings (SSSR count). The molecule has 0 bridgehead atoms. The lowest BCUT2D eigenvalue weighted by molar-refractivity contribution is -0.270. The second kappa shape index (κ2) is 6.36.